The van der Waals surface area contributed by atoms with Crippen LogP contribution in [0.3, 0.4) is 0 Å². The summed E-state index contributed by atoms with van der Waals surface area (Å²) in [6, 6.07) is 3.85. The number of aromatic carboxylic acids is 1. The van der Waals surface area contributed by atoms with Crippen LogP contribution < -0.4 is 5.11 Å². The van der Waals surface area contributed by atoms with Crippen LogP contribution in [-0.2, 0) is 10.1 Å². The Bertz CT molecular complexity index is 417. The Kier molecular flexibility index (Phi) is 2.35. The Morgan fingerprint density at radius 1 is 1.15 bits per heavy atom. The number of carbonyl (C=O) groups is 1. The van der Waals surface area contributed by atoms with E-state index >= 15 is 0 Å². The van der Waals surface area contributed by atoms with E-state index in [1.54, 1.807) is 0 Å². The first-order valence-electron chi connectivity index (χ1n) is 3.18. The lowest BCUT2D eigenvalue weighted by Gasteiger charge is -2.07. The third-order valence-electron chi connectivity index (χ3n) is 1.38. The minimum atomic E-state index is -4.51. The number of carbonyl (C=O) groups excluding carboxylic acids is 1. The number of hydrogen-bond acceptors (Lipinski definition) is 5. The molecule has 0 amide bonds. The van der Waals surface area contributed by atoms with Crippen LogP contribution in [0, 0.1) is 0 Å². The van der Waals surface area contributed by atoms with Gasteiger partial charge in [-0.05, 0) is 17.7 Å². The van der Waals surface area contributed by atoms with E-state index in [9.17, 15) is 22.9 Å². The van der Waals surface area contributed by atoms with Gasteiger partial charge in [-0.2, -0.15) is 0 Å². The van der Waals surface area contributed by atoms with Crippen molar-refractivity contribution in [2.75, 3.05) is 0 Å². The molecular formula is C7H4O5S-2. The normalized spacial score (nSPS) is 11.2. The van der Waals surface area contributed by atoms with E-state index in [1.807, 2.05) is 0 Å². The lowest BCUT2D eigenvalue weighted by atomic mass is 10.2. The topological polar surface area (TPSA) is 97.3 Å². The minimum absolute atomic E-state index is 0.174. The predicted molar refractivity (Wildman–Crippen MR) is 38.7 cm³/mol. The molecule has 70 valence electrons. The molecular weight excluding hydrogens is 196 g/mol. The van der Waals surface area contributed by atoms with Gasteiger partial charge in [-0.3, -0.25) is 0 Å². The summed E-state index contributed by atoms with van der Waals surface area (Å²) in [4.78, 5) is 9.76. The summed E-state index contributed by atoms with van der Waals surface area (Å²) in [6.45, 7) is 0. The molecule has 0 spiro atoms. The lowest BCUT2D eigenvalue weighted by molar-refractivity contribution is -0.255. The molecule has 5 nitrogen and oxygen atoms in total. The number of benzene rings is 1. The number of rotatable bonds is 2. The highest BCUT2D eigenvalue weighted by Crippen LogP contribution is 2.08. The van der Waals surface area contributed by atoms with E-state index in [1.165, 1.54) is 0 Å². The fourth-order valence-corrected chi connectivity index (χ4v) is 1.23. The molecule has 0 saturated heterocycles. The van der Waals surface area contributed by atoms with E-state index in [4.69, 9.17) is 0 Å². The van der Waals surface area contributed by atoms with Gasteiger partial charge in [0.15, 0.2) is 0 Å². The maximum absolute atomic E-state index is 10.4. The summed E-state index contributed by atoms with van der Waals surface area (Å²) in [6.07, 6.45) is 0. The molecule has 1 aromatic rings. The van der Waals surface area contributed by atoms with Crippen molar-refractivity contribution in [3.05, 3.63) is 29.8 Å². The van der Waals surface area contributed by atoms with Crippen molar-refractivity contribution in [1.29, 1.82) is 0 Å². The van der Waals surface area contributed by atoms with Crippen molar-refractivity contribution in [1.82, 2.24) is 0 Å². The summed E-state index contributed by atoms with van der Waals surface area (Å²) in [5.74, 6) is -1.42. The molecule has 0 aliphatic heterocycles. The molecule has 0 radical (unpaired) electrons. The monoisotopic (exact) mass is 200 g/mol. The van der Waals surface area contributed by atoms with E-state index in [0.717, 1.165) is 24.3 Å². The van der Waals surface area contributed by atoms with E-state index in [-0.39, 0.29) is 5.56 Å². The van der Waals surface area contributed by atoms with E-state index < -0.39 is 21.0 Å². The van der Waals surface area contributed by atoms with Crippen molar-refractivity contribution in [2.45, 2.75) is 4.90 Å². The summed E-state index contributed by atoms with van der Waals surface area (Å²) in [5, 5.41) is 10.2. The molecule has 0 N–H and O–H groups in total. The number of carboxylic acid groups (broad SMARTS) is 1. The van der Waals surface area contributed by atoms with Crippen LogP contribution >= 0.6 is 0 Å². The van der Waals surface area contributed by atoms with Gasteiger partial charge in [0, 0.05) is 0 Å². The molecule has 1 rings (SSSR count). The summed E-state index contributed by atoms with van der Waals surface area (Å²) >= 11 is 0. The highest BCUT2D eigenvalue weighted by atomic mass is 32.2. The van der Waals surface area contributed by atoms with E-state index in [0.29, 0.717) is 0 Å². The fraction of sp³-hybridized carbons (Fsp3) is 0. The Hall–Kier alpha value is -1.40. The highest BCUT2D eigenvalue weighted by Gasteiger charge is 2.00. The molecule has 0 aliphatic rings. The zero-order valence-electron chi connectivity index (χ0n) is 6.26. The Morgan fingerprint density at radius 3 is 1.92 bits per heavy atom. The molecule has 6 heteroatoms. The van der Waals surface area contributed by atoms with Gasteiger partial charge in [0.2, 0.25) is 0 Å². The zero-order chi connectivity index (χ0) is 10.1. The molecule has 0 aliphatic carbocycles. The SMILES string of the molecule is O=C([O-])c1ccc(S(=O)(=O)[O-])cc1. The fourth-order valence-electron chi connectivity index (χ4n) is 0.758. The van der Waals surface area contributed by atoms with E-state index in [2.05, 4.69) is 0 Å². The first kappa shape index (κ1) is 9.69. The van der Waals surface area contributed by atoms with Crippen LogP contribution in [0.5, 0.6) is 0 Å². The number of carboxylic acids is 1. The highest BCUT2D eigenvalue weighted by molar-refractivity contribution is 7.85. The van der Waals surface area contributed by atoms with Gasteiger partial charge in [-0.1, -0.05) is 12.1 Å². The van der Waals surface area contributed by atoms with Crippen LogP contribution in [-0.4, -0.2) is 18.9 Å². The van der Waals surface area contributed by atoms with Crippen LogP contribution in [0.15, 0.2) is 29.2 Å². The smallest absolute Gasteiger partial charge is 0.124 e. The Balaban J connectivity index is 3.16. The van der Waals surface area contributed by atoms with Crippen molar-refractivity contribution < 1.29 is 22.9 Å². The molecule has 0 saturated carbocycles. The van der Waals surface area contributed by atoms with Crippen molar-refractivity contribution in [3.63, 3.8) is 0 Å². The lowest BCUT2D eigenvalue weighted by Crippen LogP contribution is -2.22. The Labute approximate surface area is 74.4 Å². The second kappa shape index (κ2) is 3.15. The van der Waals surface area contributed by atoms with Gasteiger partial charge < -0.3 is 14.5 Å². The van der Waals surface area contributed by atoms with Gasteiger partial charge in [-0.15, -0.1) is 0 Å². The second-order valence-electron chi connectivity index (χ2n) is 2.27. The van der Waals surface area contributed by atoms with Gasteiger partial charge in [0.05, 0.1) is 10.9 Å². The molecule has 0 aromatic heterocycles. The average Bonchev–Trinajstić information content (AvgIpc) is 2.03. The third-order valence-corrected chi connectivity index (χ3v) is 2.23. The van der Waals surface area contributed by atoms with Crippen molar-refractivity contribution in [2.24, 2.45) is 0 Å². The number of hydrogen-bond donors (Lipinski definition) is 0. The molecule has 0 atom stereocenters. The zero-order valence-corrected chi connectivity index (χ0v) is 7.08. The maximum atomic E-state index is 10.4. The van der Waals surface area contributed by atoms with Crippen molar-refractivity contribution in [3.8, 4) is 0 Å². The largest absolute Gasteiger partial charge is 0.744 e. The molecule has 0 bridgehead atoms. The first-order valence-corrected chi connectivity index (χ1v) is 4.59. The quantitative estimate of drug-likeness (QED) is 0.567. The molecule has 0 heterocycles. The van der Waals surface area contributed by atoms with Crippen LogP contribution in [0.4, 0.5) is 0 Å². The standard InChI is InChI=1S/C7H6O5S/c8-7(9)5-1-3-6(4-2-5)13(10,11)12/h1-4H,(H,8,9)(H,10,11,12)/p-2. The van der Waals surface area contributed by atoms with Crippen molar-refractivity contribution >= 4 is 16.1 Å². The first-order chi connectivity index (χ1) is 5.91. The molecule has 0 unspecified atom stereocenters. The van der Waals surface area contributed by atoms with Crippen LogP contribution in [0.25, 0.3) is 0 Å². The molecule has 13 heavy (non-hydrogen) atoms. The summed E-state index contributed by atoms with van der Waals surface area (Å²) in [7, 11) is -4.51. The second-order valence-corrected chi connectivity index (χ2v) is 3.65. The third kappa shape index (κ3) is 2.27. The van der Waals surface area contributed by atoms with Crippen LogP contribution in [0.1, 0.15) is 10.4 Å². The van der Waals surface area contributed by atoms with Gasteiger partial charge in [0.1, 0.15) is 10.1 Å². The average molecular weight is 200 g/mol. The molecule has 1 aromatic carbocycles. The van der Waals surface area contributed by atoms with Gasteiger partial charge in [-0.25, -0.2) is 8.42 Å². The van der Waals surface area contributed by atoms with Crippen LogP contribution in [0.2, 0.25) is 0 Å². The maximum Gasteiger partial charge on any atom is 0.124 e. The molecule has 0 fully saturated rings. The van der Waals surface area contributed by atoms with Gasteiger partial charge >= 0.3 is 0 Å². The van der Waals surface area contributed by atoms with Gasteiger partial charge in [0.25, 0.3) is 0 Å². The summed E-state index contributed by atoms with van der Waals surface area (Å²) in [5.41, 5.74) is -0.174. The predicted octanol–water partition coefficient (Wildman–Crippen LogP) is -1.05. The Morgan fingerprint density at radius 2 is 1.62 bits per heavy atom. The summed E-state index contributed by atoms with van der Waals surface area (Å²) < 4.78 is 31.2. The minimum Gasteiger partial charge on any atom is -0.744 e.